The fourth-order valence-corrected chi connectivity index (χ4v) is 1.94. The summed E-state index contributed by atoms with van der Waals surface area (Å²) in [4.78, 5) is 22.3. The summed E-state index contributed by atoms with van der Waals surface area (Å²) in [7, 11) is 1.46. The highest BCUT2D eigenvalue weighted by Gasteiger charge is 2.15. The molecule has 1 aromatic carbocycles. The first kappa shape index (κ1) is 17.1. The molecule has 0 unspecified atom stereocenters. The van der Waals surface area contributed by atoms with Crippen molar-refractivity contribution in [1.82, 2.24) is 5.32 Å². The van der Waals surface area contributed by atoms with E-state index in [1.54, 1.807) is 0 Å². The highest BCUT2D eigenvalue weighted by Crippen LogP contribution is 2.36. The third-order valence-electron chi connectivity index (χ3n) is 2.63. The van der Waals surface area contributed by atoms with Crippen LogP contribution in [0.15, 0.2) is 12.1 Å². The molecule has 0 aliphatic rings. The van der Waals surface area contributed by atoms with Gasteiger partial charge in [0.15, 0.2) is 11.5 Å². The first-order chi connectivity index (χ1) is 9.99. The average Bonchev–Trinajstić information content (AvgIpc) is 2.45. The van der Waals surface area contributed by atoms with Crippen LogP contribution in [0.4, 0.5) is 0 Å². The van der Waals surface area contributed by atoms with Crippen molar-refractivity contribution < 1.29 is 24.2 Å². The molecule has 21 heavy (non-hydrogen) atoms. The van der Waals surface area contributed by atoms with Crippen LogP contribution in [-0.2, 0) is 4.79 Å². The Kier molecular flexibility index (Phi) is 6.81. The number of hydrogen-bond donors (Lipinski definition) is 2. The highest BCUT2D eigenvalue weighted by atomic mass is 35.5. The molecule has 0 aliphatic carbocycles. The molecule has 0 saturated heterocycles. The number of benzene rings is 1. The van der Waals surface area contributed by atoms with Crippen molar-refractivity contribution in [2.24, 2.45) is 0 Å². The van der Waals surface area contributed by atoms with Crippen LogP contribution in [0.2, 0.25) is 5.02 Å². The van der Waals surface area contributed by atoms with E-state index in [4.69, 9.17) is 26.2 Å². The van der Waals surface area contributed by atoms with Crippen molar-refractivity contribution >= 4 is 23.5 Å². The lowest BCUT2D eigenvalue weighted by Gasteiger charge is -2.13. The zero-order chi connectivity index (χ0) is 15.8. The highest BCUT2D eigenvalue weighted by molar-refractivity contribution is 6.32. The van der Waals surface area contributed by atoms with Crippen LogP contribution < -0.4 is 14.8 Å². The number of aliphatic carboxylic acids is 1. The van der Waals surface area contributed by atoms with Crippen molar-refractivity contribution in [2.45, 2.75) is 19.8 Å². The van der Waals surface area contributed by atoms with Crippen molar-refractivity contribution in [3.63, 3.8) is 0 Å². The predicted octanol–water partition coefficient (Wildman–Crippen LogP) is 2.34. The summed E-state index contributed by atoms with van der Waals surface area (Å²) in [6.45, 7) is 2.52. The molecular weight excluding hydrogens is 298 g/mol. The summed E-state index contributed by atoms with van der Waals surface area (Å²) in [6.07, 6.45) is 0.372. The van der Waals surface area contributed by atoms with Gasteiger partial charge in [0.05, 0.1) is 18.7 Å². The number of halogens is 1. The minimum atomic E-state index is -0.893. The summed E-state index contributed by atoms with van der Waals surface area (Å²) in [5.74, 6) is -0.470. The van der Waals surface area contributed by atoms with Crippen molar-refractivity contribution in [1.29, 1.82) is 0 Å². The number of methoxy groups -OCH3 is 1. The van der Waals surface area contributed by atoms with E-state index in [0.29, 0.717) is 30.1 Å². The molecule has 0 fully saturated rings. The summed E-state index contributed by atoms with van der Waals surface area (Å²) in [6, 6.07) is 3.02. The number of hydrogen-bond acceptors (Lipinski definition) is 4. The van der Waals surface area contributed by atoms with E-state index in [1.165, 1.54) is 19.2 Å². The lowest BCUT2D eigenvalue weighted by Crippen LogP contribution is -2.25. The fourth-order valence-electron chi connectivity index (χ4n) is 1.68. The van der Waals surface area contributed by atoms with Gasteiger partial charge in [-0.15, -0.1) is 0 Å². The second-order valence-electron chi connectivity index (χ2n) is 4.18. The molecule has 0 atom stereocenters. The standard InChI is InChI=1S/C14H18ClNO5/c1-3-21-13-10(15)7-9(8-11(13)20-2)14(19)16-6-4-5-12(17)18/h7-8H,3-6H2,1-2H3,(H,16,19)(H,17,18). The van der Waals surface area contributed by atoms with E-state index in [1.807, 2.05) is 6.92 Å². The molecule has 0 spiro atoms. The van der Waals surface area contributed by atoms with Gasteiger partial charge in [0, 0.05) is 18.5 Å². The molecule has 0 bridgehead atoms. The third kappa shape index (κ3) is 5.15. The number of carbonyl (C=O) groups excluding carboxylic acids is 1. The number of rotatable bonds is 8. The van der Waals surface area contributed by atoms with Gasteiger partial charge in [-0.2, -0.15) is 0 Å². The first-order valence-corrected chi connectivity index (χ1v) is 6.87. The minimum absolute atomic E-state index is 0.00757. The number of carboxylic acids is 1. The molecule has 0 aromatic heterocycles. The summed E-state index contributed by atoms with van der Waals surface area (Å²) >= 11 is 6.08. The van der Waals surface area contributed by atoms with Gasteiger partial charge in [0.1, 0.15) is 0 Å². The topological polar surface area (TPSA) is 84.9 Å². The molecule has 0 aliphatic heterocycles. The molecule has 0 heterocycles. The average molecular weight is 316 g/mol. The Labute approximate surface area is 128 Å². The quantitative estimate of drug-likeness (QED) is 0.719. The molecule has 7 heteroatoms. The predicted molar refractivity (Wildman–Crippen MR) is 78.4 cm³/mol. The van der Waals surface area contributed by atoms with E-state index in [-0.39, 0.29) is 23.9 Å². The lowest BCUT2D eigenvalue weighted by molar-refractivity contribution is -0.137. The molecule has 1 aromatic rings. The molecule has 1 rings (SSSR count). The third-order valence-corrected chi connectivity index (χ3v) is 2.91. The Morgan fingerprint density at radius 1 is 1.38 bits per heavy atom. The fraction of sp³-hybridized carbons (Fsp3) is 0.429. The van der Waals surface area contributed by atoms with Gasteiger partial charge in [-0.1, -0.05) is 11.6 Å². The number of carboxylic acid groups (broad SMARTS) is 1. The van der Waals surface area contributed by atoms with Crippen LogP contribution in [0.5, 0.6) is 11.5 Å². The first-order valence-electron chi connectivity index (χ1n) is 6.49. The van der Waals surface area contributed by atoms with Gasteiger partial charge < -0.3 is 19.9 Å². The van der Waals surface area contributed by atoms with Gasteiger partial charge in [0.2, 0.25) is 0 Å². The van der Waals surface area contributed by atoms with E-state index in [0.717, 1.165) is 0 Å². The Morgan fingerprint density at radius 3 is 2.67 bits per heavy atom. The zero-order valence-corrected chi connectivity index (χ0v) is 12.7. The maximum absolute atomic E-state index is 12.0. The zero-order valence-electron chi connectivity index (χ0n) is 11.9. The summed E-state index contributed by atoms with van der Waals surface area (Å²) in [5.41, 5.74) is 0.329. The molecule has 0 radical (unpaired) electrons. The number of carbonyl (C=O) groups is 2. The normalized spacial score (nSPS) is 10.0. The smallest absolute Gasteiger partial charge is 0.303 e. The molecular formula is C14H18ClNO5. The van der Waals surface area contributed by atoms with Crippen LogP contribution in [0, 0.1) is 0 Å². The Balaban J connectivity index is 2.76. The van der Waals surface area contributed by atoms with E-state index in [9.17, 15) is 9.59 Å². The van der Waals surface area contributed by atoms with Crippen LogP contribution in [0.3, 0.4) is 0 Å². The molecule has 6 nitrogen and oxygen atoms in total. The SMILES string of the molecule is CCOc1c(Cl)cc(C(=O)NCCCC(=O)O)cc1OC. The van der Waals surface area contributed by atoms with Gasteiger partial charge in [-0.05, 0) is 25.5 Å². The van der Waals surface area contributed by atoms with Crippen LogP contribution in [0.1, 0.15) is 30.1 Å². The largest absolute Gasteiger partial charge is 0.493 e. The second kappa shape index (κ2) is 8.36. The van der Waals surface area contributed by atoms with Gasteiger partial charge in [-0.25, -0.2) is 0 Å². The van der Waals surface area contributed by atoms with E-state index in [2.05, 4.69) is 5.32 Å². The molecule has 116 valence electrons. The molecule has 1 amide bonds. The van der Waals surface area contributed by atoms with Crippen LogP contribution >= 0.6 is 11.6 Å². The summed E-state index contributed by atoms with van der Waals surface area (Å²) < 4.78 is 10.5. The number of ether oxygens (including phenoxy) is 2. The Hall–Kier alpha value is -1.95. The maximum atomic E-state index is 12.0. The molecule has 2 N–H and O–H groups in total. The van der Waals surface area contributed by atoms with Crippen molar-refractivity contribution in [3.05, 3.63) is 22.7 Å². The van der Waals surface area contributed by atoms with E-state index < -0.39 is 5.97 Å². The Bertz CT molecular complexity index is 518. The van der Waals surface area contributed by atoms with Gasteiger partial charge >= 0.3 is 5.97 Å². The van der Waals surface area contributed by atoms with Gasteiger partial charge in [0.25, 0.3) is 5.91 Å². The van der Waals surface area contributed by atoms with E-state index >= 15 is 0 Å². The van der Waals surface area contributed by atoms with Gasteiger partial charge in [-0.3, -0.25) is 9.59 Å². The molecule has 0 saturated carbocycles. The summed E-state index contributed by atoms with van der Waals surface area (Å²) in [5, 5.41) is 11.4. The minimum Gasteiger partial charge on any atom is -0.493 e. The Morgan fingerprint density at radius 2 is 2.10 bits per heavy atom. The van der Waals surface area contributed by atoms with Crippen LogP contribution in [0.25, 0.3) is 0 Å². The number of nitrogens with one attached hydrogen (secondary N) is 1. The number of amides is 1. The lowest BCUT2D eigenvalue weighted by atomic mass is 10.2. The second-order valence-corrected chi connectivity index (χ2v) is 4.58. The van der Waals surface area contributed by atoms with Crippen molar-refractivity contribution in [2.75, 3.05) is 20.3 Å². The monoisotopic (exact) mass is 315 g/mol. The van der Waals surface area contributed by atoms with Crippen molar-refractivity contribution in [3.8, 4) is 11.5 Å². The maximum Gasteiger partial charge on any atom is 0.303 e. The van der Waals surface area contributed by atoms with Crippen LogP contribution in [-0.4, -0.2) is 37.2 Å².